The van der Waals surface area contributed by atoms with Gasteiger partial charge in [-0.2, -0.15) is 5.10 Å². The van der Waals surface area contributed by atoms with Gasteiger partial charge in [-0.1, -0.05) is 54.6 Å². The van der Waals surface area contributed by atoms with Crippen LogP contribution in [0.4, 0.5) is 0 Å². The van der Waals surface area contributed by atoms with Gasteiger partial charge in [0.1, 0.15) is 6.10 Å². The normalized spacial score (nSPS) is 13.8. The van der Waals surface area contributed by atoms with Gasteiger partial charge in [0.05, 0.1) is 11.9 Å². The Bertz CT molecular complexity index is 1360. The summed E-state index contributed by atoms with van der Waals surface area (Å²) in [7, 11) is 0. The molecule has 0 radical (unpaired) electrons. The average molecular weight is 455 g/mol. The van der Waals surface area contributed by atoms with E-state index in [0.29, 0.717) is 16.7 Å². The Labute approximate surface area is 197 Å². The molecule has 2 heterocycles. The van der Waals surface area contributed by atoms with Crippen LogP contribution in [0.2, 0.25) is 0 Å². The zero-order valence-corrected chi connectivity index (χ0v) is 18.8. The molecule has 4 aromatic rings. The molecule has 1 aliphatic carbocycles. The number of carbonyl (C=O) groups is 1. The summed E-state index contributed by atoms with van der Waals surface area (Å²) in [4.78, 5) is 30.7. The fourth-order valence-electron chi connectivity index (χ4n) is 4.35. The number of nitrogens with zero attached hydrogens (tertiary/aromatic N) is 3. The summed E-state index contributed by atoms with van der Waals surface area (Å²) in [5.74, 6) is 0.204. The molecule has 7 heteroatoms. The number of rotatable bonds is 7. The van der Waals surface area contributed by atoms with Gasteiger partial charge in [0.2, 0.25) is 5.88 Å². The minimum Gasteiger partial charge on any atom is -0.474 e. The highest BCUT2D eigenvalue weighted by Crippen LogP contribution is 2.25. The largest absolute Gasteiger partial charge is 0.474 e. The van der Waals surface area contributed by atoms with Gasteiger partial charge in [0.25, 0.3) is 11.5 Å². The number of benzene rings is 2. The van der Waals surface area contributed by atoms with Crippen LogP contribution in [0.3, 0.4) is 0 Å². The first-order valence-corrected chi connectivity index (χ1v) is 11.6. The van der Waals surface area contributed by atoms with Crippen molar-refractivity contribution in [3.8, 4) is 5.88 Å². The van der Waals surface area contributed by atoms with Crippen molar-refractivity contribution in [2.75, 3.05) is 0 Å². The summed E-state index contributed by atoms with van der Waals surface area (Å²) in [6.07, 6.45) is 6.27. The lowest BCUT2D eigenvalue weighted by Gasteiger charge is -2.16. The van der Waals surface area contributed by atoms with E-state index in [9.17, 15) is 9.59 Å². The van der Waals surface area contributed by atoms with Gasteiger partial charge in [0.15, 0.2) is 5.69 Å². The van der Waals surface area contributed by atoms with E-state index in [1.165, 1.54) is 17.5 Å². The Morgan fingerprint density at radius 1 is 0.971 bits per heavy atom. The van der Waals surface area contributed by atoms with Crippen LogP contribution in [0.15, 0.2) is 77.7 Å². The van der Waals surface area contributed by atoms with Crippen molar-refractivity contribution in [2.24, 2.45) is 0 Å². The molecule has 1 N–H and O–H groups in total. The van der Waals surface area contributed by atoms with Crippen LogP contribution >= 0.6 is 0 Å². The maximum atomic E-state index is 13.3. The number of nitrogens with one attached hydrogen (secondary N) is 1. The Morgan fingerprint density at radius 2 is 1.71 bits per heavy atom. The van der Waals surface area contributed by atoms with E-state index in [1.807, 2.05) is 42.5 Å². The molecule has 0 bridgehead atoms. The van der Waals surface area contributed by atoms with Crippen LogP contribution in [-0.2, 0) is 13.1 Å². The summed E-state index contributed by atoms with van der Waals surface area (Å²) in [5, 5.41) is 8.40. The summed E-state index contributed by atoms with van der Waals surface area (Å²) < 4.78 is 7.44. The molecule has 0 atom stereocenters. The first-order valence-electron chi connectivity index (χ1n) is 11.6. The van der Waals surface area contributed by atoms with E-state index in [-0.39, 0.29) is 36.4 Å². The van der Waals surface area contributed by atoms with Crippen molar-refractivity contribution in [2.45, 2.75) is 44.9 Å². The van der Waals surface area contributed by atoms with E-state index in [1.54, 1.807) is 30.5 Å². The van der Waals surface area contributed by atoms with Crippen molar-refractivity contribution in [1.29, 1.82) is 0 Å². The Balaban J connectivity index is 1.41. The highest BCUT2D eigenvalue weighted by molar-refractivity contribution is 6.04. The molecule has 1 saturated carbocycles. The SMILES string of the molecule is O=C(NCc1cccnc1OC1CCCC1)c1nn(Cc2ccccc2)c(=O)c2ccccc12. The number of hydrogen-bond acceptors (Lipinski definition) is 5. The molecular formula is C27H26N4O3. The molecule has 5 rings (SSSR count). The molecule has 1 fully saturated rings. The van der Waals surface area contributed by atoms with Crippen LogP contribution in [0.5, 0.6) is 5.88 Å². The fourth-order valence-corrected chi connectivity index (χ4v) is 4.35. The lowest BCUT2D eigenvalue weighted by atomic mass is 10.1. The van der Waals surface area contributed by atoms with Crippen molar-refractivity contribution < 1.29 is 9.53 Å². The van der Waals surface area contributed by atoms with Gasteiger partial charge in [-0.25, -0.2) is 9.67 Å². The molecule has 2 aromatic carbocycles. The Kier molecular flexibility index (Phi) is 6.33. The molecule has 0 unspecified atom stereocenters. The van der Waals surface area contributed by atoms with Crippen LogP contribution in [0.25, 0.3) is 10.8 Å². The molecule has 0 spiro atoms. The molecule has 1 amide bonds. The molecule has 0 aliphatic heterocycles. The Morgan fingerprint density at radius 3 is 2.50 bits per heavy atom. The number of carbonyl (C=O) groups excluding carboxylic acids is 1. The van der Waals surface area contributed by atoms with Crippen molar-refractivity contribution in [3.05, 3.63) is 100 Å². The lowest BCUT2D eigenvalue weighted by Crippen LogP contribution is -2.31. The van der Waals surface area contributed by atoms with E-state index in [2.05, 4.69) is 15.4 Å². The van der Waals surface area contributed by atoms with Crippen LogP contribution in [0, 0.1) is 0 Å². The smallest absolute Gasteiger partial charge is 0.274 e. The first-order chi connectivity index (χ1) is 16.7. The van der Waals surface area contributed by atoms with E-state index in [4.69, 9.17) is 4.74 Å². The maximum Gasteiger partial charge on any atom is 0.274 e. The minimum absolute atomic E-state index is 0.177. The van der Waals surface area contributed by atoms with Crippen molar-refractivity contribution in [1.82, 2.24) is 20.1 Å². The molecule has 2 aromatic heterocycles. The number of fused-ring (bicyclic) bond motifs is 1. The van der Waals surface area contributed by atoms with E-state index >= 15 is 0 Å². The third kappa shape index (κ3) is 4.69. The molecular weight excluding hydrogens is 428 g/mol. The number of amides is 1. The monoisotopic (exact) mass is 454 g/mol. The number of hydrogen-bond donors (Lipinski definition) is 1. The molecule has 172 valence electrons. The van der Waals surface area contributed by atoms with Crippen LogP contribution in [0.1, 0.15) is 47.3 Å². The van der Waals surface area contributed by atoms with Gasteiger partial charge < -0.3 is 10.1 Å². The average Bonchev–Trinajstić information content (AvgIpc) is 3.39. The predicted molar refractivity (Wildman–Crippen MR) is 130 cm³/mol. The minimum atomic E-state index is -0.353. The lowest BCUT2D eigenvalue weighted by molar-refractivity contribution is 0.0945. The summed E-state index contributed by atoms with van der Waals surface area (Å²) in [6.45, 7) is 0.537. The second kappa shape index (κ2) is 9.87. The van der Waals surface area contributed by atoms with Gasteiger partial charge in [-0.3, -0.25) is 9.59 Å². The Hall–Kier alpha value is -4.00. The van der Waals surface area contributed by atoms with Crippen LogP contribution in [-0.4, -0.2) is 26.8 Å². The van der Waals surface area contributed by atoms with E-state index < -0.39 is 0 Å². The second-order valence-electron chi connectivity index (χ2n) is 8.52. The molecule has 0 saturated heterocycles. The summed E-state index contributed by atoms with van der Waals surface area (Å²) >= 11 is 0. The highest BCUT2D eigenvalue weighted by Gasteiger charge is 2.20. The van der Waals surface area contributed by atoms with Gasteiger partial charge >= 0.3 is 0 Å². The highest BCUT2D eigenvalue weighted by atomic mass is 16.5. The van der Waals surface area contributed by atoms with Crippen molar-refractivity contribution >= 4 is 16.7 Å². The molecule has 1 aliphatic rings. The predicted octanol–water partition coefficient (Wildman–Crippen LogP) is 4.09. The summed E-state index contributed by atoms with van der Waals surface area (Å²) in [6, 6.07) is 20.4. The summed E-state index contributed by atoms with van der Waals surface area (Å²) in [5.41, 5.74) is 1.73. The third-order valence-corrected chi connectivity index (χ3v) is 6.13. The number of ether oxygens (including phenoxy) is 1. The standard InChI is InChI=1S/C27H26N4O3/c32-25(29-17-20-11-8-16-28-26(20)34-21-12-4-5-13-21)24-22-14-6-7-15-23(22)27(33)31(30-24)18-19-9-2-1-3-10-19/h1-3,6-11,14-16,21H,4-5,12-13,17-18H2,(H,29,32). The molecule has 7 nitrogen and oxygen atoms in total. The van der Waals surface area contributed by atoms with Gasteiger partial charge in [0, 0.05) is 23.7 Å². The second-order valence-corrected chi connectivity index (χ2v) is 8.52. The van der Waals surface area contributed by atoms with Crippen molar-refractivity contribution in [3.63, 3.8) is 0 Å². The topological polar surface area (TPSA) is 86.1 Å². The van der Waals surface area contributed by atoms with Gasteiger partial charge in [-0.05, 0) is 43.4 Å². The quantitative estimate of drug-likeness (QED) is 0.455. The third-order valence-electron chi connectivity index (χ3n) is 6.13. The van der Waals surface area contributed by atoms with E-state index in [0.717, 1.165) is 24.0 Å². The molecule has 34 heavy (non-hydrogen) atoms. The zero-order chi connectivity index (χ0) is 23.3. The fraction of sp³-hybridized carbons (Fsp3) is 0.259. The first kappa shape index (κ1) is 21.8. The van der Waals surface area contributed by atoms with Gasteiger partial charge in [-0.15, -0.1) is 0 Å². The maximum absolute atomic E-state index is 13.3. The zero-order valence-electron chi connectivity index (χ0n) is 18.8. The number of pyridine rings is 1. The van der Waals surface area contributed by atoms with Crippen LogP contribution < -0.4 is 15.6 Å². The number of aromatic nitrogens is 3.